The van der Waals surface area contributed by atoms with Crippen LogP contribution in [0.25, 0.3) is 5.65 Å². The molecular formula is C23H24F2N4O3. The Labute approximate surface area is 183 Å². The van der Waals surface area contributed by atoms with Gasteiger partial charge in [0, 0.05) is 31.0 Å². The molecule has 168 valence electrons. The molecule has 3 aliphatic rings. The second-order valence-corrected chi connectivity index (χ2v) is 9.01. The van der Waals surface area contributed by atoms with Gasteiger partial charge in [-0.05, 0) is 45.2 Å². The predicted octanol–water partition coefficient (Wildman–Crippen LogP) is 4.53. The van der Waals surface area contributed by atoms with E-state index in [1.165, 1.54) is 18.2 Å². The van der Waals surface area contributed by atoms with Crippen LogP contribution in [0.1, 0.15) is 61.3 Å². The molecule has 3 aromatic rings. The van der Waals surface area contributed by atoms with Gasteiger partial charge in [0.15, 0.2) is 0 Å². The van der Waals surface area contributed by atoms with Gasteiger partial charge in [-0.3, -0.25) is 4.79 Å². The van der Waals surface area contributed by atoms with Gasteiger partial charge in [0.05, 0.1) is 23.0 Å². The van der Waals surface area contributed by atoms with Gasteiger partial charge in [-0.15, -0.1) is 0 Å². The number of imidazole rings is 1. The fraction of sp³-hybridized carbons (Fsp3) is 0.435. The zero-order chi connectivity index (χ0) is 22.7. The minimum atomic E-state index is -2.72. The number of carbonyl (C=O) groups excluding carboxylic acids is 1. The number of amides is 1. The zero-order valence-corrected chi connectivity index (χ0v) is 18.1. The lowest BCUT2D eigenvalue weighted by Gasteiger charge is -2.68. The average Bonchev–Trinajstić information content (AvgIpc) is 3.08. The van der Waals surface area contributed by atoms with Crippen LogP contribution in [0.3, 0.4) is 0 Å². The number of hydrogen-bond donors (Lipinski definition) is 1. The van der Waals surface area contributed by atoms with Crippen molar-refractivity contribution in [1.82, 2.24) is 14.4 Å². The van der Waals surface area contributed by atoms with Gasteiger partial charge in [-0.1, -0.05) is 6.07 Å². The van der Waals surface area contributed by atoms with Crippen molar-refractivity contribution in [2.45, 2.75) is 56.7 Å². The van der Waals surface area contributed by atoms with Crippen molar-refractivity contribution in [3.63, 3.8) is 0 Å². The van der Waals surface area contributed by atoms with Crippen LogP contribution in [0.2, 0.25) is 0 Å². The van der Waals surface area contributed by atoms with Gasteiger partial charge >= 0.3 is 0 Å². The smallest absolute Gasteiger partial charge is 0.280 e. The predicted molar refractivity (Wildman–Crippen MR) is 113 cm³/mol. The third kappa shape index (κ3) is 3.31. The maximum Gasteiger partial charge on any atom is 0.280 e. The van der Waals surface area contributed by atoms with Gasteiger partial charge in [-0.2, -0.15) is 0 Å². The summed E-state index contributed by atoms with van der Waals surface area (Å²) >= 11 is 0. The first-order chi connectivity index (χ1) is 15.2. The van der Waals surface area contributed by atoms with Crippen LogP contribution in [0.4, 0.5) is 14.6 Å². The van der Waals surface area contributed by atoms with E-state index < -0.39 is 18.0 Å². The van der Waals surface area contributed by atoms with Gasteiger partial charge < -0.3 is 19.2 Å². The number of methoxy groups -OCH3 is 1. The Kier molecular flexibility index (Phi) is 4.70. The monoisotopic (exact) mass is 442 g/mol. The summed E-state index contributed by atoms with van der Waals surface area (Å²) in [4.78, 5) is 21.6. The highest BCUT2D eigenvalue weighted by Crippen LogP contribution is 2.69. The molecule has 3 aromatic heterocycles. The molecule has 7 nitrogen and oxygen atoms in total. The number of hydrogen-bond acceptors (Lipinski definition) is 5. The number of aromatic nitrogens is 3. The lowest BCUT2D eigenvalue weighted by Crippen LogP contribution is -2.70. The van der Waals surface area contributed by atoms with Crippen molar-refractivity contribution in [1.29, 1.82) is 0 Å². The van der Waals surface area contributed by atoms with Crippen molar-refractivity contribution in [2.24, 2.45) is 0 Å². The van der Waals surface area contributed by atoms with Gasteiger partial charge in [0.1, 0.15) is 22.9 Å². The van der Waals surface area contributed by atoms with Crippen LogP contribution in [0, 0.1) is 0 Å². The van der Waals surface area contributed by atoms with Crippen LogP contribution in [-0.4, -0.2) is 39.1 Å². The van der Waals surface area contributed by atoms with Crippen molar-refractivity contribution in [3.8, 4) is 5.75 Å². The lowest BCUT2D eigenvalue weighted by molar-refractivity contribution is -0.233. The number of pyridine rings is 2. The quantitative estimate of drug-likeness (QED) is 0.582. The molecule has 0 unspecified atom stereocenters. The van der Waals surface area contributed by atoms with E-state index in [0.29, 0.717) is 11.4 Å². The van der Waals surface area contributed by atoms with Gasteiger partial charge in [0.2, 0.25) is 0 Å². The maximum absolute atomic E-state index is 13.0. The van der Waals surface area contributed by atoms with Crippen molar-refractivity contribution in [3.05, 3.63) is 53.6 Å². The summed E-state index contributed by atoms with van der Waals surface area (Å²) in [7, 11) is 1.75. The average molecular weight is 442 g/mol. The summed E-state index contributed by atoms with van der Waals surface area (Å²) in [5.74, 6) is -0.0767. The zero-order valence-electron chi connectivity index (χ0n) is 18.1. The van der Waals surface area contributed by atoms with Crippen molar-refractivity contribution >= 4 is 17.4 Å². The Morgan fingerprint density at radius 2 is 1.94 bits per heavy atom. The maximum atomic E-state index is 13.0. The number of fused-ring (bicyclic) bond motifs is 1. The molecule has 0 aromatic carbocycles. The number of ether oxygens (including phenoxy) is 2. The van der Waals surface area contributed by atoms with Crippen LogP contribution < -0.4 is 10.1 Å². The number of nitrogens with one attached hydrogen (secondary N) is 1. The third-order valence-corrected chi connectivity index (χ3v) is 6.36. The molecule has 32 heavy (non-hydrogen) atoms. The molecule has 6 rings (SSSR count). The van der Waals surface area contributed by atoms with Crippen LogP contribution in [-0.2, 0) is 10.2 Å². The van der Waals surface area contributed by atoms with E-state index in [4.69, 9.17) is 14.5 Å². The molecule has 0 saturated heterocycles. The molecule has 3 aliphatic carbocycles. The van der Waals surface area contributed by atoms with E-state index >= 15 is 0 Å². The van der Waals surface area contributed by atoms with Crippen molar-refractivity contribution < 1.29 is 23.0 Å². The first-order valence-electron chi connectivity index (χ1n) is 10.5. The van der Waals surface area contributed by atoms with Crippen LogP contribution in [0.15, 0.2) is 36.7 Å². The molecule has 0 aliphatic heterocycles. The molecule has 1 amide bonds. The fourth-order valence-corrected chi connectivity index (χ4v) is 4.80. The minimum Gasteiger partial charge on any atom is -0.490 e. The van der Waals surface area contributed by atoms with E-state index in [2.05, 4.69) is 10.3 Å². The molecule has 2 bridgehead atoms. The molecule has 0 spiro atoms. The summed E-state index contributed by atoms with van der Waals surface area (Å²) in [6, 6.07) is 5.84. The lowest BCUT2D eigenvalue weighted by atomic mass is 9.40. The van der Waals surface area contributed by atoms with Crippen molar-refractivity contribution in [2.75, 3.05) is 12.4 Å². The summed E-state index contributed by atoms with van der Waals surface area (Å²) in [5.41, 5.74) is 1.58. The molecule has 9 heteroatoms. The molecule has 0 radical (unpaired) electrons. The van der Waals surface area contributed by atoms with E-state index in [9.17, 15) is 13.6 Å². The largest absolute Gasteiger partial charge is 0.490 e. The number of alkyl halides is 2. The Balaban J connectivity index is 1.47. The van der Waals surface area contributed by atoms with Gasteiger partial charge in [0.25, 0.3) is 12.3 Å². The van der Waals surface area contributed by atoms with E-state index in [1.54, 1.807) is 23.8 Å². The Hall–Kier alpha value is -3.07. The molecule has 3 saturated carbocycles. The van der Waals surface area contributed by atoms with Crippen LogP contribution in [0.5, 0.6) is 5.75 Å². The van der Waals surface area contributed by atoms with E-state index in [1.807, 2.05) is 20.0 Å². The number of carbonyl (C=O) groups is 1. The Bertz CT molecular complexity index is 1190. The van der Waals surface area contributed by atoms with E-state index in [0.717, 1.165) is 25.0 Å². The molecule has 0 atom stereocenters. The Morgan fingerprint density at radius 3 is 2.59 bits per heavy atom. The molecule has 1 N–H and O–H groups in total. The highest BCUT2D eigenvalue weighted by Gasteiger charge is 2.70. The number of nitrogens with zero attached hydrogens (tertiary/aromatic N) is 3. The normalized spacial score (nSPS) is 23.8. The molecule has 3 heterocycles. The highest BCUT2D eigenvalue weighted by molar-refractivity contribution is 6.05. The van der Waals surface area contributed by atoms with Gasteiger partial charge in [-0.25, -0.2) is 18.7 Å². The highest BCUT2D eigenvalue weighted by atomic mass is 19.3. The molecular weight excluding hydrogens is 418 g/mol. The second kappa shape index (κ2) is 7.23. The first-order valence-corrected chi connectivity index (χ1v) is 10.5. The van der Waals surface area contributed by atoms with Crippen LogP contribution >= 0.6 is 0 Å². The number of rotatable bonds is 7. The SMILES string of the molecule is COC12CC(c3cn4cc(C(=O)Nc5cccc(C(F)F)n5)c(OC(C)C)cc4n3)(C1)C2. The third-order valence-electron chi connectivity index (χ3n) is 6.36. The standard InChI is InChI=1S/C23H24F2N4O3/c1-13(2)32-16-7-19-27-17(22-10-23(11-22,12-22)31-3)9-29(19)8-14(16)21(30)28-18-6-4-5-15(26-18)20(24)25/h4-9,13,20H,10-12H2,1-3H3,(H,26,28,30). The number of halogens is 2. The minimum absolute atomic E-state index is 0.00647. The van der Waals surface area contributed by atoms with E-state index in [-0.39, 0.29) is 28.5 Å². The molecule has 3 fully saturated rings. The second-order valence-electron chi connectivity index (χ2n) is 9.01. The topological polar surface area (TPSA) is 77.8 Å². The summed E-state index contributed by atoms with van der Waals surface area (Å²) < 4.78 is 39.2. The Morgan fingerprint density at radius 1 is 1.19 bits per heavy atom. The first kappa shape index (κ1) is 20.8. The summed E-state index contributed by atoms with van der Waals surface area (Å²) in [6.45, 7) is 3.73. The summed E-state index contributed by atoms with van der Waals surface area (Å²) in [5, 5.41) is 2.60. The summed E-state index contributed by atoms with van der Waals surface area (Å²) in [6.07, 6.45) is 3.58. The number of anilines is 1. The fourth-order valence-electron chi connectivity index (χ4n) is 4.80.